The lowest BCUT2D eigenvalue weighted by Crippen LogP contribution is -2.53. The molecule has 104 valence electrons. The molecule has 1 aliphatic heterocycles. The summed E-state index contributed by atoms with van der Waals surface area (Å²) in [4.78, 5) is 14.3. The number of morpholine rings is 1. The molecule has 0 aliphatic carbocycles. The standard InChI is InChI=1S/C15H22N2O2/c1-11-4-3-5-13(6-11)7-15(18)17-9-14(8-16)19-10-12(17)2/h3-6,12,14H,7-10,16H2,1-2H3. The van der Waals surface area contributed by atoms with Crippen LogP contribution in [-0.2, 0) is 16.0 Å². The van der Waals surface area contributed by atoms with Crippen molar-refractivity contribution in [2.45, 2.75) is 32.4 Å². The van der Waals surface area contributed by atoms with E-state index in [0.29, 0.717) is 26.1 Å². The van der Waals surface area contributed by atoms with Gasteiger partial charge in [0.05, 0.1) is 25.2 Å². The molecule has 2 rings (SSSR count). The second-order valence-corrected chi connectivity index (χ2v) is 5.25. The molecule has 2 atom stereocenters. The maximum atomic E-state index is 12.4. The van der Waals surface area contributed by atoms with E-state index in [4.69, 9.17) is 10.5 Å². The van der Waals surface area contributed by atoms with E-state index < -0.39 is 0 Å². The van der Waals surface area contributed by atoms with E-state index in [1.54, 1.807) is 0 Å². The summed E-state index contributed by atoms with van der Waals surface area (Å²) in [7, 11) is 0. The molecule has 2 N–H and O–H groups in total. The molecule has 0 radical (unpaired) electrons. The van der Waals surface area contributed by atoms with Crippen molar-refractivity contribution in [2.75, 3.05) is 19.7 Å². The number of nitrogens with two attached hydrogens (primary N) is 1. The highest BCUT2D eigenvalue weighted by molar-refractivity contribution is 5.79. The molecular formula is C15H22N2O2. The number of nitrogens with zero attached hydrogens (tertiary/aromatic N) is 1. The first-order chi connectivity index (χ1) is 9.10. The zero-order valence-electron chi connectivity index (χ0n) is 11.6. The zero-order valence-corrected chi connectivity index (χ0v) is 11.6. The maximum absolute atomic E-state index is 12.4. The number of hydrogen-bond donors (Lipinski definition) is 1. The quantitative estimate of drug-likeness (QED) is 0.888. The van der Waals surface area contributed by atoms with Crippen molar-refractivity contribution in [3.63, 3.8) is 0 Å². The fourth-order valence-corrected chi connectivity index (χ4v) is 2.41. The SMILES string of the molecule is Cc1cccc(CC(=O)N2CC(CN)OCC2C)c1. The summed E-state index contributed by atoms with van der Waals surface area (Å²) in [6.45, 7) is 5.68. The molecule has 0 bridgehead atoms. The van der Waals surface area contributed by atoms with Gasteiger partial charge in [0.15, 0.2) is 0 Å². The summed E-state index contributed by atoms with van der Waals surface area (Å²) < 4.78 is 5.57. The van der Waals surface area contributed by atoms with E-state index in [9.17, 15) is 4.79 Å². The Morgan fingerprint density at radius 1 is 1.53 bits per heavy atom. The van der Waals surface area contributed by atoms with E-state index in [1.807, 2.05) is 36.9 Å². The molecule has 0 saturated carbocycles. The molecule has 4 heteroatoms. The van der Waals surface area contributed by atoms with Gasteiger partial charge in [-0.15, -0.1) is 0 Å². The summed E-state index contributed by atoms with van der Waals surface area (Å²) in [5.41, 5.74) is 7.86. The first-order valence-corrected chi connectivity index (χ1v) is 6.77. The van der Waals surface area contributed by atoms with Gasteiger partial charge in [0.1, 0.15) is 0 Å². The molecule has 0 spiro atoms. The van der Waals surface area contributed by atoms with Crippen LogP contribution in [0.4, 0.5) is 0 Å². The molecule has 0 aromatic heterocycles. The second-order valence-electron chi connectivity index (χ2n) is 5.25. The predicted octanol–water partition coefficient (Wildman–Crippen LogP) is 1.11. The highest BCUT2D eigenvalue weighted by Gasteiger charge is 2.28. The monoisotopic (exact) mass is 262 g/mol. The Hall–Kier alpha value is -1.39. The van der Waals surface area contributed by atoms with Gasteiger partial charge in [-0.25, -0.2) is 0 Å². The number of carbonyl (C=O) groups is 1. The third kappa shape index (κ3) is 3.55. The van der Waals surface area contributed by atoms with Crippen molar-refractivity contribution in [2.24, 2.45) is 5.73 Å². The lowest BCUT2D eigenvalue weighted by Gasteiger charge is -2.37. The number of aryl methyl sites for hydroxylation is 1. The van der Waals surface area contributed by atoms with Crippen LogP contribution in [0.25, 0.3) is 0 Å². The fourth-order valence-electron chi connectivity index (χ4n) is 2.41. The minimum atomic E-state index is -0.0299. The van der Waals surface area contributed by atoms with Gasteiger partial charge in [-0.3, -0.25) is 4.79 Å². The smallest absolute Gasteiger partial charge is 0.227 e. The van der Waals surface area contributed by atoms with Crippen LogP contribution >= 0.6 is 0 Å². The molecule has 2 unspecified atom stereocenters. The number of rotatable bonds is 3. The van der Waals surface area contributed by atoms with Gasteiger partial charge in [0.25, 0.3) is 0 Å². The largest absolute Gasteiger partial charge is 0.373 e. The minimum Gasteiger partial charge on any atom is -0.373 e. The molecule has 19 heavy (non-hydrogen) atoms. The van der Waals surface area contributed by atoms with E-state index in [-0.39, 0.29) is 18.1 Å². The fraction of sp³-hybridized carbons (Fsp3) is 0.533. The summed E-state index contributed by atoms with van der Waals surface area (Å²) in [5, 5.41) is 0. The third-order valence-electron chi connectivity index (χ3n) is 3.53. The highest BCUT2D eigenvalue weighted by atomic mass is 16.5. The summed E-state index contributed by atoms with van der Waals surface area (Å²) >= 11 is 0. The van der Waals surface area contributed by atoms with E-state index >= 15 is 0 Å². The Morgan fingerprint density at radius 2 is 2.32 bits per heavy atom. The second kappa shape index (κ2) is 6.17. The lowest BCUT2D eigenvalue weighted by atomic mass is 10.1. The predicted molar refractivity (Wildman–Crippen MR) is 74.9 cm³/mol. The van der Waals surface area contributed by atoms with Crippen LogP contribution in [0.3, 0.4) is 0 Å². The topological polar surface area (TPSA) is 55.6 Å². The van der Waals surface area contributed by atoms with E-state index in [1.165, 1.54) is 5.56 Å². The molecule has 1 aromatic rings. The number of amides is 1. The van der Waals surface area contributed by atoms with Gasteiger partial charge in [0, 0.05) is 13.1 Å². The van der Waals surface area contributed by atoms with Crippen LogP contribution in [-0.4, -0.2) is 42.6 Å². The number of hydrogen-bond acceptors (Lipinski definition) is 3. The average molecular weight is 262 g/mol. The van der Waals surface area contributed by atoms with Crippen molar-refractivity contribution in [3.05, 3.63) is 35.4 Å². The average Bonchev–Trinajstić information content (AvgIpc) is 2.39. The molecule has 1 fully saturated rings. The Morgan fingerprint density at radius 3 is 3.00 bits per heavy atom. The third-order valence-corrected chi connectivity index (χ3v) is 3.53. The lowest BCUT2D eigenvalue weighted by molar-refractivity contribution is -0.142. The van der Waals surface area contributed by atoms with Crippen molar-refractivity contribution in [3.8, 4) is 0 Å². The number of benzene rings is 1. The van der Waals surface area contributed by atoms with Crippen molar-refractivity contribution >= 4 is 5.91 Å². The normalized spacial score (nSPS) is 23.4. The van der Waals surface area contributed by atoms with Crippen molar-refractivity contribution < 1.29 is 9.53 Å². The van der Waals surface area contributed by atoms with Gasteiger partial charge < -0.3 is 15.4 Å². The molecule has 1 heterocycles. The van der Waals surface area contributed by atoms with Crippen molar-refractivity contribution in [1.82, 2.24) is 4.90 Å². The summed E-state index contributed by atoms with van der Waals surface area (Å²) in [6.07, 6.45) is 0.418. The first-order valence-electron chi connectivity index (χ1n) is 6.77. The van der Waals surface area contributed by atoms with Crippen LogP contribution in [0.1, 0.15) is 18.1 Å². The molecule has 1 aromatic carbocycles. The van der Waals surface area contributed by atoms with E-state index in [0.717, 1.165) is 5.56 Å². The Labute approximate surface area is 114 Å². The van der Waals surface area contributed by atoms with E-state index in [2.05, 4.69) is 6.07 Å². The van der Waals surface area contributed by atoms with Crippen LogP contribution in [0.5, 0.6) is 0 Å². The van der Waals surface area contributed by atoms with Crippen molar-refractivity contribution in [1.29, 1.82) is 0 Å². The number of ether oxygens (including phenoxy) is 1. The minimum absolute atomic E-state index is 0.0299. The van der Waals surface area contributed by atoms with Gasteiger partial charge in [0.2, 0.25) is 5.91 Å². The van der Waals surface area contributed by atoms with Gasteiger partial charge >= 0.3 is 0 Å². The molecule has 1 saturated heterocycles. The zero-order chi connectivity index (χ0) is 13.8. The van der Waals surface area contributed by atoms with Gasteiger partial charge in [-0.1, -0.05) is 29.8 Å². The maximum Gasteiger partial charge on any atom is 0.227 e. The van der Waals surface area contributed by atoms with Crippen LogP contribution in [0, 0.1) is 6.92 Å². The molecular weight excluding hydrogens is 240 g/mol. The molecule has 1 aliphatic rings. The Kier molecular flexibility index (Phi) is 4.56. The summed E-state index contributed by atoms with van der Waals surface area (Å²) in [6, 6.07) is 8.21. The van der Waals surface area contributed by atoms with Gasteiger partial charge in [-0.05, 0) is 19.4 Å². The van der Waals surface area contributed by atoms with Gasteiger partial charge in [-0.2, -0.15) is 0 Å². The van der Waals surface area contributed by atoms with Crippen LogP contribution in [0.15, 0.2) is 24.3 Å². The Balaban J connectivity index is 2.02. The number of carbonyl (C=O) groups excluding carboxylic acids is 1. The van der Waals surface area contributed by atoms with Crippen LogP contribution < -0.4 is 5.73 Å². The molecule has 1 amide bonds. The summed E-state index contributed by atoms with van der Waals surface area (Å²) in [5.74, 6) is 0.153. The highest BCUT2D eigenvalue weighted by Crippen LogP contribution is 2.14. The Bertz CT molecular complexity index is 448. The first kappa shape index (κ1) is 14.0. The van der Waals surface area contributed by atoms with Crippen LogP contribution in [0.2, 0.25) is 0 Å². The molecule has 4 nitrogen and oxygen atoms in total.